The Morgan fingerprint density at radius 1 is 1.12 bits per heavy atom. The van der Waals surface area contributed by atoms with Gasteiger partial charge in [-0.1, -0.05) is 58.7 Å². The molecule has 3 heterocycles. The van der Waals surface area contributed by atoms with Crippen LogP contribution in [0.15, 0.2) is 73.1 Å². The second-order valence-corrected chi connectivity index (χ2v) is 10.8. The maximum atomic E-state index is 14.7. The number of anilines is 3. The van der Waals surface area contributed by atoms with E-state index in [0.717, 1.165) is 5.56 Å². The third-order valence-electron chi connectivity index (χ3n) is 7.22. The van der Waals surface area contributed by atoms with Gasteiger partial charge in [-0.3, -0.25) is 4.98 Å². The fourth-order valence-electron chi connectivity index (χ4n) is 5.13. The molecule has 0 amide bonds. The van der Waals surface area contributed by atoms with E-state index < -0.39 is 24.1 Å². The van der Waals surface area contributed by atoms with Gasteiger partial charge in [-0.15, -0.1) is 5.10 Å². The van der Waals surface area contributed by atoms with Gasteiger partial charge in [0.05, 0.1) is 45.8 Å². The lowest BCUT2D eigenvalue weighted by molar-refractivity contribution is 0.171. The van der Waals surface area contributed by atoms with Crippen molar-refractivity contribution >= 4 is 51.2 Å². The quantitative estimate of drug-likeness (QED) is 0.184. The van der Waals surface area contributed by atoms with Crippen LogP contribution >= 0.6 is 23.2 Å². The number of nitriles is 1. The smallest absolute Gasteiger partial charge is 0.141 e. The predicted molar refractivity (Wildman–Crippen MR) is 160 cm³/mol. The van der Waals surface area contributed by atoms with Gasteiger partial charge in [0.15, 0.2) is 0 Å². The molecule has 1 saturated heterocycles. The van der Waals surface area contributed by atoms with Crippen molar-refractivity contribution in [3.05, 3.63) is 106 Å². The van der Waals surface area contributed by atoms with E-state index in [4.69, 9.17) is 23.2 Å². The Kier molecular flexibility index (Phi) is 7.89. The van der Waals surface area contributed by atoms with Gasteiger partial charge in [-0.2, -0.15) is 5.26 Å². The van der Waals surface area contributed by atoms with Gasteiger partial charge >= 0.3 is 0 Å². The van der Waals surface area contributed by atoms with Crippen LogP contribution in [0, 0.1) is 17.1 Å². The van der Waals surface area contributed by atoms with Gasteiger partial charge in [-0.05, 0) is 48.9 Å². The van der Waals surface area contributed by atoms with E-state index >= 15 is 0 Å². The second kappa shape index (κ2) is 11.9. The third-order valence-corrected chi connectivity index (χ3v) is 7.72. The SMILES string of the molecule is N#Cc1cnc2c(N[C@@H](c3ccccc3)c3cn([C@@H]4CCNC[C@H]4F)nn3)cc(Cl)cc2c1Nc1ccc(F)c(Cl)c1. The van der Waals surface area contributed by atoms with E-state index in [1.54, 1.807) is 23.0 Å². The largest absolute Gasteiger partial charge is 0.371 e. The molecule has 8 nitrogen and oxygen atoms in total. The Morgan fingerprint density at radius 2 is 1.95 bits per heavy atom. The van der Waals surface area contributed by atoms with Gasteiger partial charge in [0.25, 0.3) is 0 Å². The number of alkyl halides is 1. The Hall–Kier alpha value is -4.30. The molecular formula is C30H24Cl2F2N8. The second-order valence-electron chi connectivity index (χ2n) is 9.95. The van der Waals surface area contributed by atoms with E-state index in [1.165, 1.54) is 24.4 Å². The highest BCUT2D eigenvalue weighted by molar-refractivity contribution is 6.32. The van der Waals surface area contributed by atoms with Crippen LogP contribution in [0.5, 0.6) is 0 Å². The van der Waals surface area contributed by atoms with E-state index in [0.29, 0.717) is 51.6 Å². The van der Waals surface area contributed by atoms with Crippen molar-refractivity contribution in [3.8, 4) is 6.07 Å². The Labute approximate surface area is 250 Å². The number of hydrogen-bond donors (Lipinski definition) is 3. The number of hydrogen-bond acceptors (Lipinski definition) is 7. The van der Waals surface area contributed by atoms with Crippen molar-refractivity contribution in [2.24, 2.45) is 0 Å². The minimum Gasteiger partial charge on any atom is -0.371 e. The lowest BCUT2D eigenvalue weighted by Gasteiger charge is -2.26. The van der Waals surface area contributed by atoms with Crippen LogP contribution in [0.4, 0.5) is 25.8 Å². The molecule has 212 valence electrons. The van der Waals surface area contributed by atoms with Crippen LogP contribution in [0.25, 0.3) is 10.9 Å². The summed E-state index contributed by atoms with van der Waals surface area (Å²) in [5, 5.41) is 29.2. The van der Waals surface area contributed by atoms with Crippen molar-refractivity contribution in [3.63, 3.8) is 0 Å². The summed E-state index contributed by atoms with van der Waals surface area (Å²) in [5.74, 6) is -0.553. The number of benzene rings is 3. The van der Waals surface area contributed by atoms with Crippen LogP contribution in [-0.4, -0.2) is 39.2 Å². The molecule has 3 aromatic carbocycles. The summed E-state index contributed by atoms with van der Waals surface area (Å²) < 4.78 is 30.1. The van der Waals surface area contributed by atoms with Crippen LogP contribution in [0.1, 0.15) is 35.3 Å². The number of fused-ring (bicyclic) bond motifs is 1. The van der Waals surface area contributed by atoms with Crippen LogP contribution < -0.4 is 16.0 Å². The summed E-state index contributed by atoms with van der Waals surface area (Å²) in [6.07, 6.45) is 2.76. The molecule has 1 aliphatic rings. The van der Waals surface area contributed by atoms with Crippen molar-refractivity contribution in [2.45, 2.75) is 24.7 Å². The molecule has 3 atom stereocenters. The summed E-state index contributed by atoms with van der Waals surface area (Å²) in [6.45, 7) is 0.970. The Morgan fingerprint density at radius 3 is 2.71 bits per heavy atom. The van der Waals surface area contributed by atoms with Crippen LogP contribution in [0.2, 0.25) is 10.0 Å². The first kappa shape index (κ1) is 27.8. The maximum Gasteiger partial charge on any atom is 0.141 e. The molecule has 0 spiro atoms. The molecular weight excluding hydrogens is 581 g/mol. The maximum absolute atomic E-state index is 14.7. The average Bonchev–Trinajstić information content (AvgIpc) is 3.48. The van der Waals surface area contributed by atoms with Crippen LogP contribution in [-0.2, 0) is 0 Å². The van der Waals surface area contributed by atoms with Gasteiger partial charge in [-0.25, -0.2) is 13.5 Å². The summed E-state index contributed by atoms with van der Waals surface area (Å²) in [5.41, 5.74) is 3.79. The number of nitrogens with zero attached hydrogens (tertiary/aromatic N) is 5. The molecule has 12 heteroatoms. The summed E-state index contributed by atoms with van der Waals surface area (Å²) in [7, 11) is 0. The first-order valence-electron chi connectivity index (χ1n) is 13.2. The first-order chi connectivity index (χ1) is 20.4. The molecule has 0 radical (unpaired) electrons. The predicted octanol–water partition coefficient (Wildman–Crippen LogP) is 6.96. The van der Waals surface area contributed by atoms with E-state index in [2.05, 4.69) is 37.3 Å². The molecule has 2 aromatic heterocycles. The third kappa shape index (κ3) is 5.59. The van der Waals surface area contributed by atoms with Crippen molar-refractivity contribution in [2.75, 3.05) is 23.7 Å². The number of piperidine rings is 1. The highest BCUT2D eigenvalue weighted by Crippen LogP contribution is 2.38. The molecule has 3 N–H and O–H groups in total. The zero-order valence-electron chi connectivity index (χ0n) is 22.0. The molecule has 1 aliphatic heterocycles. The minimum atomic E-state index is -1.08. The number of rotatable bonds is 7. The molecule has 0 unspecified atom stereocenters. The van der Waals surface area contributed by atoms with E-state index in [-0.39, 0.29) is 17.1 Å². The topological polar surface area (TPSA) is 103 Å². The zero-order chi connectivity index (χ0) is 29.2. The molecule has 1 fully saturated rings. The number of pyridine rings is 1. The van der Waals surface area contributed by atoms with Crippen molar-refractivity contribution < 1.29 is 8.78 Å². The fraction of sp³-hybridized carbons (Fsp3) is 0.200. The van der Waals surface area contributed by atoms with E-state index in [1.807, 2.05) is 30.3 Å². The molecule has 6 rings (SSSR count). The summed E-state index contributed by atoms with van der Waals surface area (Å²) in [6, 6.07) is 18.6. The van der Waals surface area contributed by atoms with Crippen LogP contribution in [0.3, 0.4) is 0 Å². The average molecular weight is 605 g/mol. The Balaban J connectivity index is 1.42. The normalized spacial score (nSPS) is 17.5. The van der Waals surface area contributed by atoms with E-state index in [9.17, 15) is 14.0 Å². The standard InChI is InChI=1S/C30H24Cl2F2N8/c31-19-10-21-28(38-20-6-7-23(33)22(32)12-20)18(13-35)14-37-30(21)25(11-19)39-29(17-4-2-1-3-5-17)26-16-42(41-40-26)27-8-9-36-15-24(27)34/h1-7,10-12,14,16,24,27,29,36,39H,8-9,15H2,(H,37,38)/t24-,27-,29+/m1/s1. The van der Waals surface area contributed by atoms with Gasteiger partial charge in [0.1, 0.15) is 23.8 Å². The highest BCUT2D eigenvalue weighted by Gasteiger charge is 2.29. The number of halogens is 4. The summed E-state index contributed by atoms with van der Waals surface area (Å²) in [4.78, 5) is 4.59. The lowest BCUT2D eigenvalue weighted by Crippen LogP contribution is -2.39. The lowest BCUT2D eigenvalue weighted by atomic mass is 10.0. The molecule has 0 saturated carbocycles. The number of aromatic nitrogens is 4. The summed E-state index contributed by atoms with van der Waals surface area (Å²) >= 11 is 12.6. The minimum absolute atomic E-state index is 0.0559. The monoisotopic (exact) mass is 604 g/mol. The van der Waals surface area contributed by atoms with Crippen molar-refractivity contribution in [1.29, 1.82) is 5.26 Å². The molecule has 0 aliphatic carbocycles. The number of nitrogens with one attached hydrogen (secondary N) is 3. The van der Waals surface area contributed by atoms with Gasteiger partial charge < -0.3 is 16.0 Å². The van der Waals surface area contributed by atoms with Gasteiger partial charge in [0, 0.05) is 28.8 Å². The molecule has 0 bridgehead atoms. The zero-order valence-corrected chi connectivity index (χ0v) is 23.5. The highest BCUT2D eigenvalue weighted by atomic mass is 35.5. The Bertz CT molecular complexity index is 1790. The molecule has 5 aromatic rings. The van der Waals surface area contributed by atoms with Crippen molar-refractivity contribution in [1.82, 2.24) is 25.3 Å². The first-order valence-corrected chi connectivity index (χ1v) is 14.0. The molecule has 42 heavy (non-hydrogen) atoms. The fourth-order valence-corrected chi connectivity index (χ4v) is 5.53. The van der Waals surface area contributed by atoms with Gasteiger partial charge in [0.2, 0.25) is 0 Å².